The predicted octanol–water partition coefficient (Wildman–Crippen LogP) is -0.717. The van der Waals surface area contributed by atoms with E-state index >= 15 is 0 Å². The van der Waals surface area contributed by atoms with Crippen LogP contribution in [0, 0.1) is 11.8 Å². The van der Waals surface area contributed by atoms with Crippen LogP contribution in [0.3, 0.4) is 0 Å². The van der Waals surface area contributed by atoms with Gasteiger partial charge in [-0.25, -0.2) is 0 Å². The van der Waals surface area contributed by atoms with Crippen LogP contribution in [0.15, 0.2) is 0 Å². The summed E-state index contributed by atoms with van der Waals surface area (Å²) in [5.41, 5.74) is 5.03. The molecule has 17 heavy (non-hydrogen) atoms. The number of likely N-dealkylation sites (tertiary alicyclic amines) is 1. The molecule has 2 saturated heterocycles. The standard InChI is InChI=1S/C11H18N2O4/c1-7-4-13(5-8(7)9(14)15)10(16)11(12)2-3-17-6-11/h7-8H,2-6,12H2,1H3,(H,14,15)/t7-,8-,11?/m1/s1. The van der Waals surface area contributed by atoms with E-state index in [1.54, 1.807) is 4.90 Å². The monoisotopic (exact) mass is 242 g/mol. The van der Waals surface area contributed by atoms with Crippen molar-refractivity contribution in [3.63, 3.8) is 0 Å². The smallest absolute Gasteiger partial charge is 0.308 e. The van der Waals surface area contributed by atoms with Crippen LogP contribution in [0.25, 0.3) is 0 Å². The highest BCUT2D eigenvalue weighted by Gasteiger charge is 2.45. The molecule has 2 fully saturated rings. The molecule has 3 atom stereocenters. The first-order valence-electron chi connectivity index (χ1n) is 5.83. The predicted molar refractivity (Wildman–Crippen MR) is 59.2 cm³/mol. The van der Waals surface area contributed by atoms with E-state index in [9.17, 15) is 9.59 Å². The fourth-order valence-corrected chi connectivity index (χ4v) is 2.52. The normalized spacial score (nSPS) is 37.4. The molecule has 0 aliphatic carbocycles. The van der Waals surface area contributed by atoms with Gasteiger partial charge in [0.05, 0.1) is 12.5 Å². The molecule has 0 bridgehead atoms. The Balaban J connectivity index is 2.05. The first-order chi connectivity index (χ1) is 7.94. The van der Waals surface area contributed by atoms with Crippen molar-refractivity contribution in [2.45, 2.75) is 18.9 Å². The van der Waals surface area contributed by atoms with Crippen LogP contribution in [-0.4, -0.2) is 53.7 Å². The Morgan fingerprint density at radius 1 is 1.47 bits per heavy atom. The lowest BCUT2D eigenvalue weighted by molar-refractivity contribution is -0.142. The number of carboxylic acids is 1. The number of nitrogens with zero attached hydrogens (tertiary/aromatic N) is 1. The van der Waals surface area contributed by atoms with Gasteiger partial charge in [0.2, 0.25) is 5.91 Å². The van der Waals surface area contributed by atoms with Crippen molar-refractivity contribution < 1.29 is 19.4 Å². The van der Waals surface area contributed by atoms with E-state index < -0.39 is 17.4 Å². The zero-order valence-corrected chi connectivity index (χ0v) is 9.89. The summed E-state index contributed by atoms with van der Waals surface area (Å²) in [6.07, 6.45) is 0.508. The largest absolute Gasteiger partial charge is 0.481 e. The Hall–Kier alpha value is -1.14. The van der Waals surface area contributed by atoms with Crippen molar-refractivity contribution in [2.24, 2.45) is 17.6 Å². The van der Waals surface area contributed by atoms with Crippen LogP contribution in [0.5, 0.6) is 0 Å². The maximum absolute atomic E-state index is 12.2. The topological polar surface area (TPSA) is 92.9 Å². The van der Waals surface area contributed by atoms with Gasteiger partial charge in [-0.2, -0.15) is 0 Å². The van der Waals surface area contributed by atoms with Gasteiger partial charge in [-0.1, -0.05) is 6.92 Å². The highest BCUT2D eigenvalue weighted by Crippen LogP contribution is 2.27. The molecule has 0 aromatic rings. The number of aliphatic carboxylic acids is 1. The Bertz CT molecular complexity index is 338. The van der Waals surface area contributed by atoms with Crippen molar-refractivity contribution in [3.05, 3.63) is 0 Å². The average Bonchev–Trinajstić information content (AvgIpc) is 2.84. The molecule has 1 unspecified atom stereocenters. The number of amides is 1. The lowest BCUT2D eigenvalue weighted by atomic mass is 9.98. The first-order valence-corrected chi connectivity index (χ1v) is 5.83. The van der Waals surface area contributed by atoms with E-state index in [1.807, 2.05) is 6.92 Å². The number of carbonyl (C=O) groups is 2. The van der Waals surface area contributed by atoms with Crippen LogP contribution < -0.4 is 5.73 Å². The maximum atomic E-state index is 12.2. The zero-order chi connectivity index (χ0) is 12.6. The molecule has 6 nitrogen and oxygen atoms in total. The highest BCUT2D eigenvalue weighted by molar-refractivity contribution is 5.87. The number of rotatable bonds is 2. The van der Waals surface area contributed by atoms with Crippen LogP contribution in [0.1, 0.15) is 13.3 Å². The number of hydrogen-bond donors (Lipinski definition) is 2. The van der Waals surface area contributed by atoms with Gasteiger partial charge >= 0.3 is 5.97 Å². The van der Waals surface area contributed by atoms with Gasteiger partial charge in [-0.05, 0) is 12.3 Å². The molecule has 0 aromatic carbocycles. The SMILES string of the molecule is C[C@@H]1CN(C(=O)C2(N)CCOC2)C[C@H]1C(=O)O. The fraction of sp³-hybridized carbons (Fsp3) is 0.818. The quantitative estimate of drug-likeness (QED) is 0.667. The number of ether oxygens (including phenoxy) is 1. The van der Waals surface area contributed by atoms with Crippen LogP contribution in [0.4, 0.5) is 0 Å². The van der Waals surface area contributed by atoms with Crippen LogP contribution >= 0.6 is 0 Å². The number of carbonyl (C=O) groups excluding carboxylic acids is 1. The van der Waals surface area contributed by atoms with Crippen molar-refractivity contribution >= 4 is 11.9 Å². The lowest BCUT2D eigenvalue weighted by Crippen LogP contribution is -2.55. The molecule has 3 N–H and O–H groups in total. The van der Waals surface area contributed by atoms with Gasteiger partial charge in [-0.15, -0.1) is 0 Å². The summed E-state index contributed by atoms with van der Waals surface area (Å²) in [4.78, 5) is 24.8. The van der Waals surface area contributed by atoms with E-state index in [0.717, 1.165) is 0 Å². The van der Waals surface area contributed by atoms with Gasteiger partial charge < -0.3 is 20.5 Å². The minimum Gasteiger partial charge on any atom is -0.481 e. The summed E-state index contributed by atoms with van der Waals surface area (Å²) in [5.74, 6) is -1.53. The molecule has 2 rings (SSSR count). The third kappa shape index (κ3) is 2.14. The molecule has 2 heterocycles. The summed E-state index contributed by atoms with van der Waals surface area (Å²) < 4.78 is 5.15. The molecule has 1 amide bonds. The van der Waals surface area contributed by atoms with Crippen molar-refractivity contribution in [3.8, 4) is 0 Å². The van der Waals surface area contributed by atoms with Crippen molar-refractivity contribution in [1.29, 1.82) is 0 Å². The molecule has 2 aliphatic rings. The molecule has 0 spiro atoms. The van der Waals surface area contributed by atoms with Gasteiger partial charge in [0.25, 0.3) is 0 Å². The van der Waals surface area contributed by atoms with E-state index in [-0.39, 0.29) is 25.0 Å². The minimum atomic E-state index is -0.951. The van der Waals surface area contributed by atoms with E-state index in [2.05, 4.69) is 0 Å². The van der Waals surface area contributed by atoms with Gasteiger partial charge in [0.1, 0.15) is 5.54 Å². The molecule has 96 valence electrons. The Morgan fingerprint density at radius 2 is 2.18 bits per heavy atom. The fourth-order valence-electron chi connectivity index (χ4n) is 2.52. The van der Waals surface area contributed by atoms with Crippen molar-refractivity contribution in [2.75, 3.05) is 26.3 Å². The summed E-state index contributed by atoms with van der Waals surface area (Å²) in [5, 5.41) is 9.02. The van der Waals surface area contributed by atoms with E-state index in [0.29, 0.717) is 19.6 Å². The summed E-state index contributed by atoms with van der Waals surface area (Å²) in [6, 6.07) is 0. The van der Waals surface area contributed by atoms with E-state index in [1.165, 1.54) is 0 Å². The van der Waals surface area contributed by atoms with Gasteiger partial charge in [0, 0.05) is 19.7 Å². The number of carboxylic acid groups (broad SMARTS) is 1. The number of nitrogens with two attached hydrogens (primary N) is 1. The van der Waals surface area contributed by atoms with Gasteiger partial charge in [-0.3, -0.25) is 9.59 Å². The Morgan fingerprint density at radius 3 is 2.65 bits per heavy atom. The van der Waals surface area contributed by atoms with E-state index in [4.69, 9.17) is 15.6 Å². The number of hydrogen-bond acceptors (Lipinski definition) is 4. The molecule has 2 aliphatic heterocycles. The third-order valence-corrected chi connectivity index (χ3v) is 3.69. The summed E-state index contributed by atoms with van der Waals surface area (Å²) >= 11 is 0. The van der Waals surface area contributed by atoms with Gasteiger partial charge in [0.15, 0.2) is 0 Å². The zero-order valence-electron chi connectivity index (χ0n) is 9.89. The first kappa shape index (κ1) is 12.3. The molecule has 0 aromatic heterocycles. The second-order valence-electron chi connectivity index (χ2n) is 5.09. The molecule has 0 radical (unpaired) electrons. The molecular formula is C11H18N2O4. The van der Waals surface area contributed by atoms with Crippen molar-refractivity contribution in [1.82, 2.24) is 4.90 Å². The molecular weight excluding hydrogens is 224 g/mol. The average molecular weight is 242 g/mol. The Kier molecular flexibility index (Phi) is 3.09. The minimum absolute atomic E-state index is 0.0256. The molecule has 0 saturated carbocycles. The second-order valence-corrected chi connectivity index (χ2v) is 5.09. The molecule has 6 heteroatoms. The summed E-state index contributed by atoms with van der Waals surface area (Å²) in [6.45, 7) is 3.30. The second kappa shape index (κ2) is 4.27. The highest BCUT2D eigenvalue weighted by atomic mass is 16.5. The van der Waals surface area contributed by atoms with Crippen LogP contribution in [-0.2, 0) is 14.3 Å². The summed E-state index contributed by atoms with van der Waals surface area (Å²) in [7, 11) is 0. The van der Waals surface area contributed by atoms with Crippen LogP contribution in [0.2, 0.25) is 0 Å². The maximum Gasteiger partial charge on any atom is 0.308 e. The lowest BCUT2D eigenvalue weighted by Gasteiger charge is -2.27. The Labute approximate surface area is 99.7 Å². The third-order valence-electron chi connectivity index (χ3n) is 3.69.